The van der Waals surface area contributed by atoms with E-state index in [1.165, 1.54) is 0 Å². The number of aliphatic carboxylic acids is 1. The zero-order valence-electron chi connectivity index (χ0n) is 7.71. The minimum atomic E-state index is -0.841. The van der Waals surface area contributed by atoms with Gasteiger partial charge in [-0.05, 0) is 19.1 Å². The van der Waals surface area contributed by atoms with E-state index in [0.29, 0.717) is 0 Å². The van der Waals surface area contributed by atoms with Crippen LogP contribution >= 0.6 is 0 Å². The van der Waals surface area contributed by atoms with E-state index in [9.17, 15) is 4.79 Å². The van der Waals surface area contributed by atoms with E-state index in [-0.39, 0.29) is 0 Å². The summed E-state index contributed by atoms with van der Waals surface area (Å²) in [5.74, 6) is -0.841. The van der Waals surface area contributed by atoms with Crippen LogP contribution in [0.5, 0.6) is 0 Å². The van der Waals surface area contributed by atoms with Gasteiger partial charge in [0.15, 0.2) is 0 Å². The molecule has 0 aromatic carbocycles. The Balaban J connectivity index is 2.58. The van der Waals surface area contributed by atoms with Crippen LogP contribution in [0.15, 0.2) is 30.7 Å². The molecule has 2 aromatic rings. The summed E-state index contributed by atoms with van der Waals surface area (Å²) in [7, 11) is 0. The van der Waals surface area contributed by atoms with Crippen LogP contribution in [0.3, 0.4) is 0 Å². The maximum Gasteiger partial charge on any atom is 0.326 e. The standard InChI is InChI=1S/C10H10N2O2/c1-7(10(13)14)12-5-3-8-2-4-11-6-9(8)12/h2-7H,1H3,(H,13,14). The van der Waals surface area contributed by atoms with E-state index < -0.39 is 12.0 Å². The van der Waals surface area contributed by atoms with Crippen molar-refractivity contribution in [3.8, 4) is 0 Å². The van der Waals surface area contributed by atoms with Crippen molar-refractivity contribution < 1.29 is 9.90 Å². The SMILES string of the molecule is CC(C(=O)O)n1ccc2ccncc21. The molecule has 0 saturated heterocycles. The fourth-order valence-corrected chi connectivity index (χ4v) is 1.45. The van der Waals surface area contributed by atoms with Crippen LogP contribution in [0, 0.1) is 0 Å². The first-order valence-electron chi connectivity index (χ1n) is 4.33. The molecule has 0 fully saturated rings. The third kappa shape index (κ3) is 1.25. The van der Waals surface area contributed by atoms with Crippen molar-refractivity contribution in [2.45, 2.75) is 13.0 Å². The molecule has 0 aliphatic carbocycles. The number of hydrogen-bond acceptors (Lipinski definition) is 2. The molecule has 0 saturated carbocycles. The number of aromatic nitrogens is 2. The number of nitrogens with zero attached hydrogens (tertiary/aromatic N) is 2. The van der Waals surface area contributed by atoms with Crippen molar-refractivity contribution in [2.24, 2.45) is 0 Å². The van der Waals surface area contributed by atoms with Gasteiger partial charge >= 0.3 is 5.97 Å². The molecule has 1 N–H and O–H groups in total. The molecule has 0 radical (unpaired) electrons. The molecule has 0 aliphatic rings. The van der Waals surface area contributed by atoms with Gasteiger partial charge in [0.05, 0.1) is 11.7 Å². The molecular weight excluding hydrogens is 180 g/mol. The first-order chi connectivity index (χ1) is 6.70. The monoisotopic (exact) mass is 190 g/mol. The second-order valence-electron chi connectivity index (χ2n) is 3.17. The Morgan fingerprint density at radius 2 is 2.36 bits per heavy atom. The molecule has 2 rings (SSSR count). The summed E-state index contributed by atoms with van der Waals surface area (Å²) in [5, 5.41) is 9.88. The summed E-state index contributed by atoms with van der Waals surface area (Å²) in [4.78, 5) is 14.8. The van der Waals surface area contributed by atoms with Gasteiger partial charge in [-0.1, -0.05) is 0 Å². The van der Waals surface area contributed by atoms with Gasteiger partial charge in [-0.3, -0.25) is 4.98 Å². The topological polar surface area (TPSA) is 55.1 Å². The molecule has 4 heteroatoms. The van der Waals surface area contributed by atoms with Crippen molar-refractivity contribution in [3.05, 3.63) is 30.7 Å². The Hall–Kier alpha value is -1.84. The number of carboxylic acids is 1. The summed E-state index contributed by atoms with van der Waals surface area (Å²) in [6, 6.07) is 3.19. The van der Waals surface area contributed by atoms with E-state index in [0.717, 1.165) is 10.9 Å². The zero-order valence-corrected chi connectivity index (χ0v) is 7.71. The number of rotatable bonds is 2. The van der Waals surface area contributed by atoms with E-state index in [4.69, 9.17) is 5.11 Å². The highest BCUT2D eigenvalue weighted by molar-refractivity contribution is 5.82. The summed E-state index contributed by atoms with van der Waals surface area (Å²) in [5.41, 5.74) is 0.849. The molecular formula is C10H10N2O2. The summed E-state index contributed by atoms with van der Waals surface area (Å²) in [6.07, 6.45) is 5.14. The Labute approximate surface area is 80.8 Å². The van der Waals surface area contributed by atoms with Crippen LogP contribution in [0.1, 0.15) is 13.0 Å². The number of fused-ring (bicyclic) bond motifs is 1. The van der Waals surface area contributed by atoms with Crippen molar-refractivity contribution >= 4 is 16.9 Å². The Morgan fingerprint density at radius 3 is 3.07 bits per heavy atom. The molecule has 0 aliphatic heterocycles. The fourth-order valence-electron chi connectivity index (χ4n) is 1.45. The molecule has 72 valence electrons. The highest BCUT2D eigenvalue weighted by Crippen LogP contribution is 2.18. The Bertz CT molecular complexity index is 476. The minimum absolute atomic E-state index is 0.559. The van der Waals surface area contributed by atoms with Crippen LogP contribution in [-0.4, -0.2) is 20.6 Å². The molecule has 4 nitrogen and oxygen atoms in total. The number of hydrogen-bond donors (Lipinski definition) is 1. The quantitative estimate of drug-likeness (QED) is 0.783. The van der Waals surface area contributed by atoms with E-state index in [1.807, 2.05) is 12.1 Å². The van der Waals surface area contributed by atoms with Crippen molar-refractivity contribution in [3.63, 3.8) is 0 Å². The molecule has 14 heavy (non-hydrogen) atoms. The van der Waals surface area contributed by atoms with E-state index in [1.54, 1.807) is 30.1 Å². The second-order valence-corrected chi connectivity index (χ2v) is 3.17. The van der Waals surface area contributed by atoms with E-state index >= 15 is 0 Å². The number of pyridine rings is 1. The van der Waals surface area contributed by atoms with Crippen LogP contribution in [0.25, 0.3) is 10.9 Å². The maximum absolute atomic E-state index is 10.8. The predicted molar refractivity (Wildman–Crippen MR) is 52.1 cm³/mol. The molecule has 0 spiro atoms. The van der Waals surface area contributed by atoms with Crippen molar-refractivity contribution in [1.29, 1.82) is 0 Å². The number of carboxylic acid groups (broad SMARTS) is 1. The van der Waals surface area contributed by atoms with Gasteiger partial charge in [0, 0.05) is 17.8 Å². The van der Waals surface area contributed by atoms with Gasteiger partial charge in [-0.25, -0.2) is 4.79 Å². The molecule has 1 unspecified atom stereocenters. The van der Waals surface area contributed by atoms with Crippen LogP contribution < -0.4 is 0 Å². The first kappa shape index (κ1) is 8.74. The van der Waals surface area contributed by atoms with Crippen molar-refractivity contribution in [2.75, 3.05) is 0 Å². The van der Waals surface area contributed by atoms with Gasteiger partial charge in [0.2, 0.25) is 0 Å². The number of carbonyl (C=O) groups is 1. The average Bonchev–Trinajstić information content (AvgIpc) is 2.60. The maximum atomic E-state index is 10.8. The van der Waals surface area contributed by atoms with Gasteiger partial charge in [-0.15, -0.1) is 0 Å². The van der Waals surface area contributed by atoms with Crippen LogP contribution in [0.2, 0.25) is 0 Å². The summed E-state index contributed by atoms with van der Waals surface area (Å²) < 4.78 is 1.70. The van der Waals surface area contributed by atoms with Gasteiger partial charge in [-0.2, -0.15) is 0 Å². The Kier molecular flexibility index (Phi) is 1.96. The van der Waals surface area contributed by atoms with Crippen LogP contribution in [-0.2, 0) is 4.79 Å². The highest BCUT2D eigenvalue weighted by atomic mass is 16.4. The predicted octanol–water partition coefficient (Wildman–Crippen LogP) is 1.68. The van der Waals surface area contributed by atoms with Gasteiger partial charge in [0.25, 0.3) is 0 Å². The Morgan fingerprint density at radius 1 is 1.57 bits per heavy atom. The summed E-state index contributed by atoms with van der Waals surface area (Å²) >= 11 is 0. The smallest absolute Gasteiger partial charge is 0.326 e. The molecule has 2 aromatic heterocycles. The molecule has 0 amide bonds. The third-order valence-electron chi connectivity index (χ3n) is 2.30. The van der Waals surface area contributed by atoms with Crippen LogP contribution in [0.4, 0.5) is 0 Å². The summed E-state index contributed by atoms with van der Waals surface area (Å²) in [6.45, 7) is 1.65. The lowest BCUT2D eigenvalue weighted by molar-refractivity contribution is -0.140. The van der Waals surface area contributed by atoms with Gasteiger partial charge in [0.1, 0.15) is 6.04 Å². The normalized spacial score (nSPS) is 12.9. The zero-order chi connectivity index (χ0) is 10.1. The largest absolute Gasteiger partial charge is 0.480 e. The fraction of sp³-hybridized carbons (Fsp3) is 0.200. The minimum Gasteiger partial charge on any atom is -0.480 e. The molecule has 0 bridgehead atoms. The van der Waals surface area contributed by atoms with Crippen molar-refractivity contribution in [1.82, 2.24) is 9.55 Å². The molecule has 1 atom stereocenters. The third-order valence-corrected chi connectivity index (χ3v) is 2.30. The highest BCUT2D eigenvalue weighted by Gasteiger charge is 2.14. The average molecular weight is 190 g/mol. The molecule has 2 heterocycles. The lowest BCUT2D eigenvalue weighted by atomic mass is 10.3. The van der Waals surface area contributed by atoms with Gasteiger partial charge < -0.3 is 9.67 Å². The first-order valence-corrected chi connectivity index (χ1v) is 4.33. The lowest BCUT2D eigenvalue weighted by Crippen LogP contribution is -2.14. The van der Waals surface area contributed by atoms with E-state index in [2.05, 4.69) is 4.98 Å². The second kappa shape index (κ2) is 3.14. The lowest BCUT2D eigenvalue weighted by Gasteiger charge is -2.09.